The van der Waals surface area contributed by atoms with Gasteiger partial charge in [0.15, 0.2) is 0 Å². The first-order valence-electron chi connectivity index (χ1n) is 8.62. The average Bonchev–Trinajstić information content (AvgIpc) is 2.46. The van der Waals surface area contributed by atoms with Gasteiger partial charge in [0.05, 0.1) is 12.1 Å². The van der Waals surface area contributed by atoms with Crippen LogP contribution < -0.4 is 0 Å². The van der Waals surface area contributed by atoms with Crippen LogP contribution in [0.25, 0.3) is 0 Å². The highest BCUT2D eigenvalue weighted by atomic mass is 15.3. The molecule has 1 atom stereocenters. The zero-order chi connectivity index (χ0) is 13.7. The van der Waals surface area contributed by atoms with Crippen LogP contribution in [0, 0.1) is 35.0 Å². The Morgan fingerprint density at radius 2 is 1.45 bits per heavy atom. The molecule has 1 heterocycles. The fourth-order valence-corrected chi connectivity index (χ4v) is 6.00. The highest BCUT2D eigenvalue weighted by Crippen LogP contribution is 2.55. The number of nitriles is 1. The molecule has 0 aromatic carbocycles. The third-order valence-corrected chi connectivity index (χ3v) is 6.68. The zero-order valence-corrected chi connectivity index (χ0v) is 12.7. The van der Waals surface area contributed by atoms with Gasteiger partial charge in [0.25, 0.3) is 0 Å². The van der Waals surface area contributed by atoms with Crippen molar-refractivity contribution in [3.05, 3.63) is 0 Å². The van der Waals surface area contributed by atoms with E-state index in [0.29, 0.717) is 0 Å². The predicted molar refractivity (Wildman–Crippen MR) is 79.1 cm³/mol. The third-order valence-electron chi connectivity index (χ3n) is 6.68. The lowest BCUT2D eigenvalue weighted by Gasteiger charge is -2.58. The first kappa shape index (κ1) is 13.1. The number of hydrogen-bond donors (Lipinski definition) is 0. The van der Waals surface area contributed by atoms with Crippen LogP contribution >= 0.6 is 0 Å². The van der Waals surface area contributed by atoms with Gasteiger partial charge in [0.2, 0.25) is 0 Å². The van der Waals surface area contributed by atoms with Crippen LogP contribution in [0.15, 0.2) is 0 Å². The van der Waals surface area contributed by atoms with E-state index in [4.69, 9.17) is 5.26 Å². The number of piperazine rings is 1. The summed E-state index contributed by atoms with van der Waals surface area (Å²) in [5, 5.41) is 9.06. The average molecular weight is 273 g/mol. The molecule has 4 aliphatic carbocycles. The molecule has 0 aromatic rings. The minimum Gasteiger partial charge on any atom is -0.297 e. The Hall–Kier alpha value is -0.590. The van der Waals surface area contributed by atoms with Crippen molar-refractivity contribution >= 4 is 0 Å². The van der Waals surface area contributed by atoms with Crippen LogP contribution in [0.4, 0.5) is 0 Å². The Kier molecular flexibility index (Phi) is 3.27. The summed E-state index contributed by atoms with van der Waals surface area (Å²) in [6.07, 6.45) is 7.63. The SMILES string of the molecule is CC(C#N)N1CCN(C2C3CC4CC(C3)CC2C4)CC1. The molecule has 1 unspecified atom stereocenters. The molecule has 3 nitrogen and oxygen atoms in total. The number of rotatable bonds is 2. The molecule has 3 heteroatoms. The van der Waals surface area contributed by atoms with E-state index in [-0.39, 0.29) is 6.04 Å². The standard InChI is InChI=1S/C17H27N3/c1-12(11-18)19-2-4-20(5-3-19)17-15-7-13-6-14(9-15)10-16(17)8-13/h12-17H,2-10H2,1H3. The van der Waals surface area contributed by atoms with Gasteiger partial charge < -0.3 is 0 Å². The molecule has 0 aromatic heterocycles. The summed E-state index contributed by atoms with van der Waals surface area (Å²) in [6.45, 7) is 6.62. The normalized spacial score (nSPS) is 46.3. The molecule has 5 rings (SSSR count). The fourth-order valence-electron chi connectivity index (χ4n) is 6.00. The van der Waals surface area contributed by atoms with E-state index in [2.05, 4.69) is 15.9 Å². The summed E-state index contributed by atoms with van der Waals surface area (Å²) in [6, 6.07) is 3.37. The Labute approximate surface area is 122 Å². The minimum atomic E-state index is 0.0932. The first-order valence-corrected chi connectivity index (χ1v) is 8.62. The summed E-state index contributed by atoms with van der Waals surface area (Å²) in [5.41, 5.74) is 0. The van der Waals surface area contributed by atoms with Crippen LogP contribution in [0.1, 0.15) is 39.0 Å². The molecule has 20 heavy (non-hydrogen) atoms. The molecule has 0 spiro atoms. The molecular formula is C17H27N3. The van der Waals surface area contributed by atoms with Gasteiger partial charge in [-0.15, -0.1) is 0 Å². The quantitative estimate of drug-likeness (QED) is 0.773. The fraction of sp³-hybridized carbons (Fsp3) is 0.941. The van der Waals surface area contributed by atoms with E-state index in [0.717, 1.165) is 42.8 Å². The molecule has 110 valence electrons. The summed E-state index contributed by atoms with van der Waals surface area (Å²) < 4.78 is 0. The second-order valence-electron chi connectivity index (χ2n) is 7.80. The van der Waals surface area contributed by atoms with Crippen LogP contribution in [-0.2, 0) is 0 Å². The van der Waals surface area contributed by atoms with Gasteiger partial charge in [0.1, 0.15) is 0 Å². The lowest BCUT2D eigenvalue weighted by atomic mass is 9.54. The van der Waals surface area contributed by atoms with Gasteiger partial charge in [-0.2, -0.15) is 5.26 Å². The first-order chi connectivity index (χ1) is 9.74. The van der Waals surface area contributed by atoms with Crippen molar-refractivity contribution in [2.75, 3.05) is 26.2 Å². The lowest BCUT2D eigenvalue weighted by Crippen LogP contribution is -2.60. The third kappa shape index (κ3) is 2.09. The maximum Gasteiger partial charge on any atom is 0.0950 e. The van der Waals surface area contributed by atoms with E-state index in [1.54, 1.807) is 6.42 Å². The monoisotopic (exact) mass is 273 g/mol. The van der Waals surface area contributed by atoms with Crippen LogP contribution in [0.5, 0.6) is 0 Å². The van der Waals surface area contributed by atoms with Gasteiger partial charge in [-0.3, -0.25) is 9.80 Å². The van der Waals surface area contributed by atoms with Crippen molar-refractivity contribution in [1.82, 2.24) is 9.80 Å². The van der Waals surface area contributed by atoms with Gasteiger partial charge >= 0.3 is 0 Å². The highest BCUT2D eigenvalue weighted by molar-refractivity contribution is 5.03. The summed E-state index contributed by atoms with van der Waals surface area (Å²) in [5.74, 6) is 4.17. The molecule has 4 saturated carbocycles. The second kappa shape index (κ2) is 5.00. The van der Waals surface area contributed by atoms with Crippen LogP contribution in [-0.4, -0.2) is 48.1 Å². The lowest BCUT2D eigenvalue weighted by molar-refractivity contribution is -0.0774. The molecule has 5 aliphatic rings. The second-order valence-corrected chi connectivity index (χ2v) is 7.80. The van der Waals surface area contributed by atoms with Crippen LogP contribution in [0.3, 0.4) is 0 Å². The minimum absolute atomic E-state index is 0.0932. The molecule has 0 N–H and O–H groups in total. The highest BCUT2D eigenvalue weighted by Gasteiger charge is 2.50. The zero-order valence-electron chi connectivity index (χ0n) is 12.7. The van der Waals surface area contributed by atoms with E-state index in [1.807, 2.05) is 6.92 Å². The van der Waals surface area contributed by atoms with E-state index < -0.39 is 0 Å². The van der Waals surface area contributed by atoms with Gasteiger partial charge in [-0.25, -0.2) is 0 Å². The molecule has 0 radical (unpaired) electrons. The van der Waals surface area contributed by atoms with Crippen molar-refractivity contribution in [2.45, 2.75) is 51.1 Å². The summed E-state index contributed by atoms with van der Waals surface area (Å²) in [4.78, 5) is 5.15. The van der Waals surface area contributed by atoms with E-state index in [9.17, 15) is 0 Å². The maximum atomic E-state index is 9.06. The largest absolute Gasteiger partial charge is 0.297 e. The Morgan fingerprint density at radius 1 is 0.900 bits per heavy atom. The number of nitrogens with zero attached hydrogens (tertiary/aromatic N) is 3. The van der Waals surface area contributed by atoms with Crippen molar-refractivity contribution < 1.29 is 0 Å². The van der Waals surface area contributed by atoms with Crippen molar-refractivity contribution in [3.63, 3.8) is 0 Å². The Bertz CT molecular complexity index is 377. The Balaban J connectivity index is 1.41. The van der Waals surface area contributed by atoms with Crippen molar-refractivity contribution in [1.29, 1.82) is 5.26 Å². The van der Waals surface area contributed by atoms with E-state index in [1.165, 1.54) is 38.8 Å². The molecule has 4 bridgehead atoms. The summed E-state index contributed by atoms with van der Waals surface area (Å²) in [7, 11) is 0. The topological polar surface area (TPSA) is 30.3 Å². The molecule has 5 fully saturated rings. The Morgan fingerprint density at radius 3 is 1.95 bits per heavy atom. The van der Waals surface area contributed by atoms with Gasteiger partial charge in [0, 0.05) is 32.2 Å². The molecule has 1 aliphatic heterocycles. The van der Waals surface area contributed by atoms with E-state index >= 15 is 0 Å². The smallest absolute Gasteiger partial charge is 0.0950 e. The predicted octanol–water partition coefficient (Wildman–Crippen LogP) is 2.34. The molecule has 1 saturated heterocycles. The number of hydrogen-bond acceptors (Lipinski definition) is 3. The van der Waals surface area contributed by atoms with Crippen molar-refractivity contribution in [2.24, 2.45) is 23.7 Å². The molecular weight excluding hydrogens is 246 g/mol. The molecule has 0 amide bonds. The summed E-state index contributed by atoms with van der Waals surface area (Å²) >= 11 is 0. The van der Waals surface area contributed by atoms with Gasteiger partial charge in [-0.05, 0) is 62.7 Å². The maximum absolute atomic E-state index is 9.06. The van der Waals surface area contributed by atoms with Gasteiger partial charge in [-0.1, -0.05) is 0 Å². The van der Waals surface area contributed by atoms with Crippen LogP contribution in [0.2, 0.25) is 0 Å². The van der Waals surface area contributed by atoms with Crippen molar-refractivity contribution in [3.8, 4) is 6.07 Å².